The molecule has 1 saturated heterocycles. The zero-order chi connectivity index (χ0) is 19.2. The standard InChI is InChI=1S/C19H23N3O5/c1-3-25-15-4-6-16(7-5-15)26-13-18(23)21-8-10-22(11-9-21)19(24)17-12-14(2)27-20-17/h4-7,12H,3,8-11,13H2,1-2H3. The highest BCUT2D eigenvalue weighted by Gasteiger charge is 2.26. The van der Waals surface area contributed by atoms with Crippen LogP contribution in [-0.4, -0.2) is 66.2 Å². The third-order valence-electron chi connectivity index (χ3n) is 4.26. The molecule has 8 nitrogen and oxygen atoms in total. The molecule has 144 valence electrons. The molecule has 2 heterocycles. The summed E-state index contributed by atoms with van der Waals surface area (Å²) < 4.78 is 15.9. The maximum atomic E-state index is 12.3. The highest BCUT2D eigenvalue weighted by molar-refractivity contribution is 5.92. The number of ether oxygens (including phenoxy) is 2. The lowest BCUT2D eigenvalue weighted by Crippen LogP contribution is -2.51. The smallest absolute Gasteiger partial charge is 0.276 e. The molecule has 1 aromatic heterocycles. The van der Waals surface area contributed by atoms with Crippen LogP contribution in [-0.2, 0) is 4.79 Å². The highest BCUT2D eigenvalue weighted by atomic mass is 16.5. The number of piperazine rings is 1. The van der Waals surface area contributed by atoms with E-state index in [0.717, 1.165) is 5.75 Å². The van der Waals surface area contributed by atoms with E-state index >= 15 is 0 Å². The van der Waals surface area contributed by atoms with Crippen LogP contribution in [0.1, 0.15) is 23.2 Å². The molecule has 3 rings (SSSR count). The third kappa shape index (κ3) is 4.78. The van der Waals surface area contributed by atoms with E-state index < -0.39 is 0 Å². The SMILES string of the molecule is CCOc1ccc(OCC(=O)N2CCN(C(=O)c3cc(C)on3)CC2)cc1. The molecule has 2 amide bonds. The van der Waals surface area contributed by atoms with Crippen LogP contribution in [0.25, 0.3) is 0 Å². The highest BCUT2D eigenvalue weighted by Crippen LogP contribution is 2.17. The second-order valence-electron chi connectivity index (χ2n) is 6.19. The van der Waals surface area contributed by atoms with E-state index in [1.165, 1.54) is 0 Å². The fourth-order valence-corrected chi connectivity index (χ4v) is 2.82. The van der Waals surface area contributed by atoms with Gasteiger partial charge in [-0.2, -0.15) is 0 Å². The minimum Gasteiger partial charge on any atom is -0.494 e. The van der Waals surface area contributed by atoms with Crippen LogP contribution in [0.15, 0.2) is 34.9 Å². The van der Waals surface area contributed by atoms with Crippen LogP contribution >= 0.6 is 0 Å². The Morgan fingerprint density at radius 2 is 1.63 bits per heavy atom. The van der Waals surface area contributed by atoms with Crippen LogP contribution in [0.3, 0.4) is 0 Å². The lowest BCUT2D eigenvalue weighted by atomic mass is 10.2. The van der Waals surface area contributed by atoms with Gasteiger partial charge in [-0.1, -0.05) is 5.16 Å². The quantitative estimate of drug-likeness (QED) is 0.767. The fraction of sp³-hybridized carbons (Fsp3) is 0.421. The molecule has 8 heteroatoms. The Morgan fingerprint density at radius 1 is 1.04 bits per heavy atom. The number of carbonyl (C=O) groups excluding carboxylic acids is 2. The topological polar surface area (TPSA) is 85.1 Å². The molecule has 1 aliphatic heterocycles. The van der Waals surface area contributed by atoms with Crippen molar-refractivity contribution in [2.45, 2.75) is 13.8 Å². The van der Waals surface area contributed by atoms with Gasteiger partial charge in [-0.3, -0.25) is 9.59 Å². The Labute approximate surface area is 157 Å². The van der Waals surface area contributed by atoms with Crippen molar-refractivity contribution < 1.29 is 23.6 Å². The number of amides is 2. The summed E-state index contributed by atoms with van der Waals surface area (Å²) in [5, 5.41) is 3.75. The Balaban J connectivity index is 1.45. The van der Waals surface area contributed by atoms with Crippen molar-refractivity contribution in [1.82, 2.24) is 15.0 Å². The molecule has 0 N–H and O–H groups in total. The first-order valence-electron chi connectivity index (χ1n) is 8.93. The van der Waals surface area contributed by atoms with Gasteiger partial charge in [0.1, 0.15) is 17.3 Å². The van der Waals surface area contributed by atoms with Crippen molar-refractivity contribution in [3.8, 4) is 11.5 Å². The second-order valence-corrected chi connectivity index (χ2v) is 6.19. The molecule has 27 heavy (non-hydrogen) atoms. The number of aryl methyl sites for hydroxylation is 1. The largest absolute Gasteiger partial charge is 0.494 e. The first-order chi connectivity index (χ1) is 13.1. The van der Waals surface area contributed by atoms with E-state index in [1.807, 2.05) is 6.92 Å². The van der Waals surface area contributed by atoms with Gasteiger partial charge in [-0.15, -0.1) is 0 Å². The van der Waals surface area contributed by atoms with Crippen molar-refractivity contribution >= 4 is 11.8 Å². The Morgan fingerprint density at radius 3 is 2.19 bits per heavy atom. The summed E-state index contributed by atoms with van der Waals surface area (Å²) >= 11 is 0. The lowest BCUT2D eigenvalue weighted by molar-refractivity contribution is -0.134. The summed E-state index contributed by atoms with van der Waals surface area (Å²) in [7, 11) is 0. The summed E-state index contributed by atoms with van der Waals surface area (Å²) in [5.41, 5.74) is 0.297. The van der Waals surface area contributed by atoms with Gasteiger partial charge in [0.05, 0.1) is 6.61 Å². The number of carbonyl (C=O) groups is 2. The molecule has 0 atom stereocenters. The van der Waals surface area contributed by atoms with Crippen molar-refractivity contribution in [1.29, 1.82) is 0 Å². The number of hydrogen-bond donors (Lipinski definition) is 0. The number of nitrogens with zero attached hydrogens (tertiary/aromatic N) is 3. The maximum Gasteiger partial charge on any atom is 0.276 e. The van der Waals surface area contributed by atoms with E-state index in [9.17, 15) is 9.59 Å². The monoisotopic (exact) mass is 373 g/mol. The van der Waals surface area contributed by atoms with Gasteiger partial charge in [0.25, 0.3) is 11.8 Å². The molecular formula is C19H23N3O5. The zero-order valence-corrected chi connectivity index (χ0v) is 15.5. The number of aromatic nitrogens is 1. The second kappa shape index (κ2) is 8.57. The van der Waals surface area contributed by atoms with Gasteiger partial charge in [0.2, 0.25) is 0 Å². The van der Waals surface area contributed by atoms with Gasteiger partial charge in [-0.05, 0) is 38.1 Å². The zero-order valence-electron chi connectivity index (χ0n) is 15.5. The molecule has 0 saturated carbocycles. The predicted molar refractivity (Wildman–Crippen MR) is 96.8 cm³/mol. The number of hydrogen-bond acceptors (Lipinski definition) is 6. The van der Waals surface area contributed by atoms with Crippen LogP contribution in [0, 0.1) is 6.92 Å². The Hall–Kier alpha value is -3.03. The Kier molecular flexibility index (Phi) is 5.95. The van der Waals surface area contributed by atoms with E-state index in [-0.39, 0.29) is 18.4 Å². The first kappa shape index (κ1) is 18.8. The van der Waals surface area contributed by atoms with Crippen LogP contribution < -0.4 is 9.47 Å². The normalized spacial score (nSPS) is 14.1. The fourth-order valence-electron chi connectivity index (χ4n) is 2.82. The maximum absolute atomic E-state index is 12.3. The molecule has 1 fully saturated rings. The molecular weight excluding hydrogens is 350 g/mol. The molecule has 0 spiro atoms. The minimum atomic E-state index is -0.176. The minimum absolute atomic E-state index is 0.0373. The first-order valence-corrected chi connectivity index (χ1v) is 8.93. The predicted octanol–water partition coefficient (Wildman–Crippen LogP) is 1.75. The van der Waals surface area contributed by atoms with Crippen LogP contribution in [0.5, 0.6) is 11.5 Å². The van der Waals surface area contributed by atoms with Gasteiger partial charge < -0.3 is 23.8 Å². The van der Waals surface area contributed by atoms with Crippen molar-refractivity contribution in [3.63, 3.8) is 0 Å². The van der Waals surface area contributed by atoms with Crippen LogP contribution in [0.2, 0.25) is 0 Å². The molecule has 2 aromatic rings. The molecule has 0 aliphatic carbocycles. The molecule has 0 radical (unpaired) electrons. The van der Waals surface area contributed by atoms with Gasteiger partial charge in [-0.25, -0.2) is 0 Å². The summed E-state index contributed by atoms with van der Waals surface area (Å²) in [5.74, 6) is 1.69. The van der Waals surface area contributed by atoms with Crippen molar-refractivity contribution in [2.24, 2.45) is 0 Å². The summed E-state index contributed by atoms with van der Waals surface area (Å²) in [4.78, 5) is 28.1. The molecule has 0 unspecified atom stereocenters. The summed E-state index contributed by atoms with van der Waals surface area (Å²) in [6, 6.07) is 8.77. The third-order valence-corrected chi connectivity index (χ3v) is 4.26. The van der Waals surface area contributed by atoms with Crippen molar-refractivity contribution in [3.05, 3.63) is 41.8 Å². The average Bonchev–Trinajstić information content (AvgIpc) is 3.13. The van der Waals surface area contributed by atoms with E-state index in [0.29, 0.717) is 50.0 Å². The number of rotatable bonds is 6. The van der Waals surface area contributed by atoms with Crippen LogP contribution in [0.4, 0.5) is 0 Å². The Bertz CT molecular complexity index is 779. The van der Waals surface area contributed by atoms with Gasteiger partial charge in [0.15, 0.2) is 12.3 Å². The van der Waals surface area contributed by atoms with Gasteiger partial charge in [0, 0.05) is 32.2 Å². The van der Waals surface area contributed by atoms with E-state index in [1.54, 1.807) is 47.1 Å². The molecule has 0 bridgehead atoms. The lowest BCUT2D eigenvalue weighted by Gasteiger charge is -2.34. The van der Waals surface area contributed by atoms with Gasteiger partial charge >= 0.3 is 0 Å². The summed E-state index contributed by atoms with van der Waals surface area (Å²) in [6.07, 6.45) is 0. The number of benzene rings is 1. The van der Waals surface area contributed by atoms with E-state index in [2.05, 4.69) is 5.16 Å². The average molecular weight is 373 g/mol. The van der Waals surface area contributed by atoms with Crippen molar-refractivity contribution in [2.75, 3.05) is 39.4 Å². The molecule has 1 aliphatic rings. The summed E-state index contributed by atoms with van der Waals surface area (Å²) in [6.45, 7) is 6.07. The molecule has 1 aromatic carbocycles. The van der Waals surface area contributed by atoms with E-state index in [4.69, 9.17) is 14.0 Å².